The first-order valence-corrected chi connectivity index (χ1v) is 8.31. The zero-order valence-electron chi connectivity index (χ0n) is 14.1. The lowest BCUT2D eigenvalue weighted by Gasteiger charge is -2.41. The molecule has 1 atom stereocenters. The molecule has 0 aromatic heterocycles. The molecular weight excluding hydrogens is 316 g/mol. The van der Waals surface area contributed by atoms with Crippen LogP contribution in [-0.2, 0) is 20.7 Å². The van der Waals surface area contributed by atoms with E-state index in [0.717, 1.165) is 6.07 Å². The molecule has 1 aliphatic rings. The van der Waals surface area contributed by atoms with E-state index in [1.807, 2.05) is 0 Å². The Labute approximate surface area is 140 Å². The number of carbonyl (C=O) groups excluding carboxylic acids is 2. The van der Waals surface area contributed by atoms with Gasteiger partial charge in [-0.15, -0.1) is 0 Å². The average molecular weight is 339 g/mol. The van der Waals surface area contributed by atoms with Crippen LogP contribution in [0.25, 0.3) is 0 Å². The maximum atomic E-state index is 14.1. The van der Waals surface area contributed by atoms with Crippen molar-refractivity contribution in [1.82, 2.24) is 4.90 Å². The van der Waals surface area contributed by atoms with Gasteiger partial charge in [-0.2, -0.15) is 0 Å². The topological polar surface area (TPSA) is 46.6 Å². The van der Waals surface area contributed by atoms with Crippen LogP contribution >= 0.6 is 0 Å². The summed E-state index contributed by atoms with van der Waals surface area (Å²) in [6.45, 7) is 4.48. The molecule has 0 bridgehead atoms. The van der Waals surface area contributed by atoms with Gasteiger partial charge in [0.05, 0.1) is 12.0 Å². The molecule has 2 rings (SSSR count). The quantitative estimate of drug-likeness (QED) is 0.775. The minimum atomic E-state index is -0.988. The number of benzene rings is 1. The molecule has 0 radical (unpaired) electrons. The molecule has 6 heteroatoms. The fourth-order valence-corrected chi connectivity index (χ4v) is 3.27. The van der Waals surface area contributed by atoms with Gasteiger partial charge in [0.25, 0.3) is 0 Å². The largest absolute Gasteiger partial charge is 0.466 e. The third-order valence-corrected chi connectivity index (χ3v) is 4.48. The summed E-state index contributed by atoms with van der Waals surface area (Å²) in [5, 5.41) is 0. The molecule has 0 spiro atoms. The summed E-state index contributed by atoms with van der Waals surface area (Å²) in [4.78, 5) is 26.3. The third-order valence-electron chi connectivity index (χ3n) is 4.48. The van der Waals surface area contributed by atoms with E-state index in [2.05, 4.69) is 0 Å². The highest BCUT2D eigenvalue weighted by Gasteiger charge is 2.45. The predicted octanol–water partition coefficient (Wildman–Crippen LogP) is 3.09. The number of nitrogens with zero attached hydrogens (tertiary/aromatic N) is 1. The van der Waals surface area contributed by atoms with Crippen LogP contribution in [0.15, 0.2) is 18.2 Å². The second-order valence-corrected chi connectivity index (χ2v) is 6.19. The van der Waals surface area contributed by atoms with Crippen LogP contribution in [0, 0.1) is 17.0 Å². The SMILES string of the molecule is CCOC(=O)C1(Cc2ccc(F)cc2F)CCCN(C(=O)CC)C1. The molecule has 0 saturated carbocycles. The van der Waals surface area contributed by atoms with E-state index in [4.69, 9.17) is 4.74 Å². The molecule has 1 saturated heterocycles. The summed E-state index contributed by atoms with van der Waals surface area (Å²) in [5.41, 5.74) is -0.729. The Morgan fingerprint density at radius 3 is 2.67 bits per heavy atom. The molecule has 1 unspecified atom stereocenters. The van der Waals surface area contributed by atoms with Crippen LogP contribution in [-0.4, -0.2) is 36.5 Å². The van der Waals surface area contributed by atoms with Crippen molar-refractivity contribution in [1.29, 1.82) is 0 Å². The second kappa shape index (κ2) is 7.73. The molecule has 4 nitrogen and oxygen atoms in total. The summed E-state index contributed by atoms with van der Waals surface area (Å²) >= 11 is 0. The fraction of sp³-hybridized carbons (Fsp3) is 0.556. The van der Waals surface area contributed by atoms with Gasteiger partial charge in [0.15, 0.2) is 0 Å². The van der Waals surface area contributed by atoms with E-state index in [-0.39, 0.29) is 31.0 Å². The molecule has 24 heavy (non-hydrogen) atoms. The molecule has 1 aliphatic heterocycles. The van der Waals surface area contributed by atoms with Crippen molar-refractivity contribution in [2.24, 2.45) is 5.41 Å². The lowest BCUT2D eigenvalue weighted by Crippen LogP contribution is -2.51. The predicted molar refractivity (Wildman–Crippen MR) is 85.2 cm³/mol. The van der Waals surface area contributed by atoms with Crippen molar-refractivity contribution in [3.8, 4) is 0 Å². The normalized spacial score (nSPS) is 20.8. The lowest BCUT2D eigenvalue weighted by atomic mass is 9.75. The molecule has 1 heterocycles. The van der Waals surface area contributed by atoms with E-state index in [0.29, 0.717) is 25.8 Å². The molecule has 0 aliphatic carbocycles. The Bertz CT molecular complexity index is 620. The number of rotatable bonds is 5. The van der Waals surface area contributed by atoms with Gasteiger partial charge in [-0.05, 0) is 37.8 Å². The molecular formula is C18H23F2NO3. The Morgan fingerprint density at radius 1 is 1.29 bits per heavy atom. The number of amides is 1. The van der Waals surface area contributed by atoms with Crippen LogP contribution in [0.1, 0.15) is 38.7 Å². The van der Waals surface area contributed by atoms with Gasteiger partial charge in [-0.1, -0.05) is 13.0 Å². The van der Waals surface area contributed by atoms with Crippen LogP contribution in [0.5, 0.6) is 0 Å². The zero-order valence-corrected chi connectivity index (χ0v) is 14.1. The molecule has 132 valence electrons. The number of hydrogen-bond acceptors (Lipinski definition) is 3. The number of esters is 1. The lowest BCUT2D eigenvalue weighted by molar-refractivity contribution is -0.160. The van der Waals surface area contributed by atoms with Gasteiger partial charge in [-0.25, -0.2) is 8.78 Å². The Kier molecular flexibility index (Phi) is 5.91. The van der Waals surface area contributed by atoms with Gasteiger partial charge in [0.1, 0.15) is 11.6 Å². The smallest absolute Gasteiger partial charge is 0.314 e. The first-order chi connectivity index (χ1) is 11.4. The fourth-order valence-electron chi connectivity index (χ4n) is 3.27. The van der Waals surface area contributed by atoms with E-state index in [9.17, 15) is 18.4 Å². The zero-order chi connectivity index (χ0) is 17.7. The first-order valence-electron chi connectivity index (χ1n) is 8.31. The van der Waals surface area contributed by atoms with Crippen molar-refractivity contribution < 1.29 is 23.1 Å². The minimum absolute atomic E-state index is 0.0389. The highest BCUT2D eigenvalue weighted by molar-refractivity contribution is 5.81. The van der Waals surface area contributed by atoms with E-state index in [1.165, 1.54) is 12.1 Å². The van der Waals surface area contributed by atoms with Crippen LogP contribution < -0.4 is 0 Å². The molecule has 1 aromatic carbocycles. The van der Waals surface area contributed by atoms with Crippen LogP contribution in [0.3, 0.4) is 0 Å². The van der Waals surface area contributed by atoms with Crippen LogP contribution in [0.2, 0.25) is 0 Å². The standard InChI is InChI=1S/C18H23F2NO3/c1-3-16(22)21-9-5-8-18(12-21,17(23)24-4-2)11-13-6-7-14(19)10-15(13)20/h6-7,10H,3-5,8-9,11-12H2,1-2H3. The van der Waals surface area contributed by atoms with Gasteiger partial charge in [-0.3, -0.25) is 9.59 Å². The average Bonchev–Trinajstić information content (AvgIpc) is 2.57. The van der Waals surface area contributed by atoms with Gasteiger partial charge >= 0.3 is 5.97 Å². The summed E-state index contributed by atoms with van der Waals surface area (Å²) in [6, 6.07) is 3.34. The number of ether oxygens (including phenoxy) is 1. The monoisotopic (exact) mass is 339 g/mol. The van der Waals surface area contributed by atoms with Gasteiger partial charge < -0.3 is 9.64 Å². The van der Waals surface area contributed by atoms with Crippen molar-refractivity contribution in [3.63, 3.8) is 0 Å². The van der Waals surface area contributed by atoms with E-state index >= 15 is 0 Å². The van der Waals surface area contributed by atoms with Gasteiger partial charge in [0.2, 0.25) is 5.91 Å². The molecule has 1 amide bonds. The van der Waals surface area contributed by atoms with Crippen molar-refractivity contribution in [2.45, 2.75) is 39.5 Å². The number of hydrogen-bond donors (Lipinski definition) is 0. The number of piperidine rings is 1. The first kappa shape index (κ1) is 18.4. The summed E-state index contributed by atoms with van der Waals surface area (Å²) in [6.07, 6.45) is 1.60. The Morgan fingerprint density at radius 2 is 2.04 bits per heavy atom. The van der Waals surface area contributed by atoms with E-state index in [1.54, 1.807) is 18.7 Å². The van der Waals surface area contributed by atoms with Crippen molar-refractivity contribution in [3.05, 3.63) is 35.4 Å². The molecule has 1 aromatic rings. The highest BCUT2D eigenvalue weighted by Crippen LogP contribution is 2.36. The third kappa shape index (κ3) is 3.91. The Balaban J connectivity index is 2.33. The van der Waals surface area contributed by atoms with Crippen molar-refractivity contribution in [2.75, 3.05) is 19.7 Å². The summed E-state index contributed by atoms with van der Waals surface area (Å²) in [7, 11) is 0. The number of halogens is 2. The van der Waals surface area contributed by atoms with E-state index < -0.39 is 23.0 Å². The summed E-state index contributed by atoms with van der Waals surface area (Å²) < 4.78 is 32.4. The number of carbonyl (C=O) groups is 2. The van der Waals surface area contributed by atoms with Gasteiger partial charge in [0, 0.05) is 25.6 Å². The maximum Gasteiger partial charge on any atom is 0.314 e. The van der Waals surface area contributed by atoms with Crippen LogP contribution in [0.4, 0.5) is 8.78 Å². The summed E-state index contributed by atoms with van der Waals surface area (Å²) in [5.74, 6) is -1.81. The minimum Gasteiger partial charge on any atom is -0.466 e. The maximum absolute atomic E-state index is 14.1. The molecule has 1 fully saturated rings. The number of likely N-dealkylation sites (tertiary alicyclic amines) is 1. The molecule has 0 N–H and O–H groups in total. The Hall–Kier alpha value is -1.98. The second-order valence-electron chi connectivity index (χ2n) is 6.19. The highest BCUT2D eigenvalue weighted by atomic mass is 19.1. The van der Waals surface area contributed by atoms with Crippen molar-refractivity contribution >= 4 is 11.9 Å².